The molecule has 5 rings (SSSR count). The summed E-state index contributed by atoms with van der Waals surface area (Å²) in [5, 5.41) is 14.3. The maximum atomic E-state index is 14.5. The fourth-order valence-electron chi connectivity index (χ4n) is 6.39. The van der Waals surface area contributed by atoms with Crippen LogP contribution in [-0.4, -0.2) is 73.9 Å². The van der Waals surface area contributed by atoms with Crippen LogP contribution in [0.1, 0.15) is 50.9 Å². The van der Waals surface area contributed by atoms with E-state index in [-0.39, 0.29) is 18.5 Å². The molecular weight excluding hydrogens is 561 g/mol. The largest absolute Gasteiger partial charge is 0.465 e. The molecule has 9 nitrogen and oxygen atoms in total. The molecule has 1 aromatic carbocycles. The van der Waals surface area contributed by atoms with E-state index in [1.165, 1.54) is 17.0 Å². The summed E-state index contributed by atoms with van der Waals surface area (Å²) in [7, 11) is 1.14. The first-order chi connectivity index (χ1) is 19.2. The minimum atomic E-state index is -4.75. The normalized spacial score (nSPS) is 20.3. The van der Waals surface area contributed by atoms with Gasteiger partial charge in [0.25, 0.3) is 0 Å². The number of fused-ring (bicyclic) bond motifs is 3. The van der Waals surface area contributed by atoms with Gasteiger partial charge < -0.3 is 19.8 Å². The zero-order valence-electron chi connectivity index (χ0n) is 23.2. The number of hydrogen-bond acceptors (Lipinski definition) is 5. The maximum Gasteiger partial charge on any atom is 0.413 e. The van der Waals surface area contributed by atoms with E-state index in [1.807, 2.05) is 4.90 Å². The summed E-state index contributed by atoms with van der Waals surface area (Å²) in [6, 6.07) is 4.74. The van der Waals surface area contributed by atoms with Crippen molar-refractivity contribution in [3.05, 3.63) is 52.9 Å². The summed E-state index contributed by atoms with van der Waals surface area (Å²) in [5.74, 6) is -1.61. The average molecular weight is 593 g/mol. The lowest BCUT2D eigenvalue weighted by Gasteiger charge is -2.39. The van der Waals surface area contributed by atoms with Gasteiger partial charge in [0.2, 0.25) is 5.91 Å². The SMILES string of the molecule is CN(C(=O)C1CCN(C(=O)O)C1C(C)(C)C)C(c1ccc(N2CCCc3c2cnc2cc(Cl)nn32)cc1)C(F)(F)F. The first-order valence-corrected chi connectivity index (χ1v) is 13.8. The Morgan fingerprint density at radius 3 is 2.44 bits per heavy atom. The smallest absolute Gasteiger partial charge is 0.413 e. The van der Waals surface area contributed by atoms with Crippen LogP contribution >= 0.6 is 11.6 Å². The lowest BCUT2D eigenvalue weighted by atomic mass is 9.78. The highest BCUT2D eigenvalue weighted by Gasteiger charge is 2.52. The first-order valence-electron chi connectivity index (χ1n) is 13.4. The molecule has 0 saturated carbocycles. The van der Waals surface area contributed by atoms with Crippen molar-refractivity contribution in [2.45, 2.75) is 58.3 Å². The number of aromatic nitrogens is 3. The van der Waals surface area contributed by atoms with Gasteiger partial charge in [0, 0.05) is 31.9 Å². The van der Waals surface area contributed by atoms with Crippen LogP contribution in [0.15, 0.2) is 36.5 Å². The van der Waals surface area contributed by atoms with Crippen LogP contribution < -0.4 is 4.90 Å². The number of carboxylic acid groups (broad SMARTS) is 1. The molecule has 0 spiro atoms. The van der Waals surface area contributed by atoms with Crippen molar-refractivity contribution in [3.8, 4) is 0 Å². The molecule has 1 saturated heterocycles. The Bertz CT molecular complexity index is 1470. The summed E-state index contributed by atoms with van der Waals surface area (Å²) in [6.45, 7) is 6.11. The second kappa shape index (κ2) is 10.4. The van der Waals surface area contributed by atoms with Crippen LogP contribution in [-0.2, 0) is 11.2 Å². The number of carbonyl (C=O) groups is 2. The Kier molecular flexibility index (Phi) is 7.33. The first kappa shape index (κ1) is 29.0. The topological polar surface area (TPSA) is 94.3 Å². The molecule has 3 unspecified atom stereocenters. The Morgan fingerprint density at radius 1 is 1.15 bits per heavy atom. The molecule has 220 valence electrons. The van der Waals surface area contributed by atoms with Crippen LogP contribution in [0.5, 0.6) is 0 Å². The lowest BCUT2D eigenvalue weighted by Crippen LogP contribution is -2.51. The summed E-state index contributed by atoms with van der Waals surface area (Å²) < 4.78 is 45.2. The van der Waals surface area contributed by atoms with Gasteiger partial charge in [-0.25, -0.2) is 14.3 Å². The molecule has 3 atom stereocenters. The third-order valence-electron chi connectivity index (χ3n) is 8.03. The number of halogens is 4. The van der Waals surface area contributed by atoms with Crippen molar-refractivity contribution in [2.24, 2.45) is 11.3 Å². The van der Waals surface area contributed by atoms with Gasteiger partial charge in [-0.15, -0.1) is 0 Å². The number of anilines is 2. The van der Waals surface area contributed by atoms with E-state index in [0.717, 1.165) is 36.2 Å². The number of aryl methyl sites for hydroxylation is 1. The average Bonchev–Trinajstić information content (AvgIpc) is 3.51. The summed E-state index contributed by atoms with van der Waals surface area (Å²) in [6.07, 6.45) is -2.50. The highest BCUT2D eigenvalue weighted by molar-refractivity contribution is 6.29. The van der Waals surface area contributed by atoms with Gasteiger partial charge in [-0.2, -0.15) is 18.3 Å². The Balaban J connectivity index is 1.44. The summed E-state index contributed by atoms with van der Waals surface area (Å²) >= 11 is 6.07. The molecule has 0 radical (unpaired) electrons. The minimum absolute atomic E-state index is 0.0813. The van der Waals surface area contributed by atoms with Crippen molar-refractivity contribution < 1.29 is 27.9 Å². The van der Waals surface area contributed by atoms with Crippen molar-refractivity contribution in [2.75, 3.05) is 25.0 Å². The van der Waals surface area contributed by atoms with Crippen LogP contribution in [0, 0.1) is 11.3 Å². The number of alkyl halides is 3. The Morgan fingerprint density at radius 2 is 1.83 bits per heavy atom. The second-order valence-corrected chi connectivity index (χ2v) is 12.1. The van der Waals surface area contributed by atoms with E-state index in [0.29, 0.717) is 23.0 Å². The van der Waals surface area contributed by atoms with E-state index in [2.05, 4.69) is 10.1 Å². The second-order valence-electron chi connectivity index (χ2n) is 11.7. The maximum absolute atomic E-state index is 14.5. The van der Waals surface area contributed by atoms with Crippen molar-refractivity contribution in [1.82, 2.24) is 24.4 Å². The fourth-order valence-corrected chi connectivity index (χ4v) is 6.56. The van der Waals surface area contributed by atoms with Crippen molar-refractivity contribution in [3.63, 3.8) is 0 Å². The number of nitrogens with zero attached hydrogens (tertiary/aromatic N) is 6. The molecule has 2 amide bonds. The predicted molar refractivity (Wildman–Crippen MR) is 147 cm³/mol. The highest BCUT2D eigenvalue weighted by atomic mass is 35.5. The molecule has 2 aromatic heterocycles. The number of hydrogen-bond donors (Lipinski definition) is 1. The highest BCUT2D eigenvalue weighted by Crippen LogP contribution is 2.43. The quantitative estimate of drug-likeness (QED) is 0.403. The molecule has 1 fully saturated rings. The molecule has 2 aliphatic heterocycles. The zero-order chi connectivity index (χ0) is 29.9. The van der Waals surface area contributed by atoms with Gasteiger partial charge in [-0.05, 0) is 42.4 Å². The van der Waals surface area contributed by atoms with E-state index >= 15 is 0 Å². The number of rotatable bonds is 4. The summed E-state index contributed by atoms with van der Waals surface area (Å²) in [5.41, 5.74) is 2.29. The van der Waals surface area contributed by atoms with Crippen molar-refractivity contribution >= 4 is 40.6 Å². The number of likely N-dealkylation sites (tertiary alicyclic amines) is 1. The van der Waals surface area contributed by atoms with Gasteiger partial charge in [0.15, 0.2) is 16.8 Å². The Hall–Kier alpha value is -3.54. The minimum Gasteiger partial charge on any atom is -0.465 e. The molecule has 1 N–H and O–H groups in total. The standard InChI is InChI=1S/C28H32ClF3N6O3/c1-27(2,3)24-18(11-13-37(24)26(40)41)25(39)35(4)23(28(30,31)32)16-7-9-17(10-8-16)36-12-5-6-19-20(36)15-33-22-14-21(29)34-38(19)22/h7-10,14-15,18,23-24H,5-6,11-13H2,1-4H3,(H,40,41). The zero-order valence-corrected chi connectivity index (χ0v) is 23.9. The molecule has 13 heteroatoms. The van der Waals surface area contributed by atoms with Crippen LogP contribution in [0.25, 0.3) is 5.65 Å². The molecule has 41 heavy (non-hydrogen) atoms. The van der Waals surface area contributed by atoms with Gasteiger partial charge in [-0.3, -0.25) is 4.79 Å². The van der Waals surface area contributed by atoms with Crippen LogP contribution in [0.2, 0.25) is 5.15 Å². The van der Waals surface area contributed by atoms with E-state index < -0.39 is 41.6 Å². The van der Waals surface area contributed by atoms with E-state index in [4.69, 9.17) is 11.6 Å². The number of carbonyl (C=O) groups excluding carboxylic acids is 1. The number of amides is 2. The third kappa shape index (κ3) is 5.29. The van der Waals surface area contributed by atoms with Gasteiger partial charge in [-0.1, -0.05) is 44.5 Å². The molecular formula is C28H32ClF3N6O3. The van der Waals surface area contributed by atoms with Gasteiger partial charge in [0.1, 0.15) is 0 Å². The van der Waals surface area contributed by atoms with E-state index in [9.17, 15) is 27.9 Å². The van der Waals surface area contributed by atoms with Gasteiger partial charge in [0.05, 0.1) is 29.5 Å². The molecule has 2 aliphatic rings. The van der Waals surface area contributed by atoms with Crippen LogP contribution in [0.4, 0.5) is 29.3 Å². The molecule has 3 aromatic rings. The third-order valence-corrected chi connectivity index (χ3v) is 8.22. The predicted octanol–water partition coefficient (Wildman–Crippen LogP) is 5.94. The van der Waals surface area contributed by atoms with Crippen LogP contribution in [0.3, 0.4) is 0 Å². The molecule has 0 aliphatic carbocycles. The van der Waals surface area contributed by atoms with E-state index in [1.54, 1.807) is 49.7 Å². The fraction of sp³-hybridized carbons (Fsp3) is 0.500. The number of benzene rings is 1. The van der Waals surface area contributed by atoms with Gasteiger partial charge >= 0.3 is 12.3 Å². The molecule has 4 heterocycles. The summed E-state index contributed by atoms with van der Waals surface area (Å²) in [4.78, 5) is 33.7. The molecule has 0 bridgehead atoms. The van der Waals surface area contributed by atoms with Crippen molar-refractivity contribution in [1.29, 1.82) is 0 Å². The lowest BCUT2D eigenvalue weighted by molar-refractivity contribution is -0.191. The Labute approximate surface area is 240 Å². The monoisotopic (exact) mass is 592 g/mol.